The second kappa shape index (κ2) is 7.14. The number of nitrogens with two attached hydrogens (primary N) is 1. The summed E-state index contributed by atoms with van der Waals surface area (Å²) >= 11 is 0. The van der Waals surface area contributed by atoms with Crippen LogP contribution in [0.3, 0.4) is 0 Å². The maximum atomic E-state index is 11.9. The zero-order valence-corrected chi connectivity index (χ0v) is 13.7. The van der Waals surface area contributed by atoms with Crippen molar-refractivity contribution in [2.24, 2.45) is 5.73 Å². The van der Waals surface area contributed by atoms with Crippen LogP contribution in [0.15, 0.2) is 47.7 Å². The Hall–Kier alpha value is -3.19. The monoisotopic (exact) mass is 338 g/mol. The Balaban J connectivity index is 2.02. The third kappa shape index (κ3) is 3.67. The van der Waals surface area contributed by atoms with Crippen molar-refractivity contribution in [2.45, 2.75) is 13.7 Å². The molecule has 3 heterocycles. The third-order valence-corrected chi connectivity index (χ3v) is 3.74. The summed E-state index contributed by atoms with van der Waals surface area (Å²) in [4.78, 5) is 30.3. The van der Waals surface area contributed by atoms with E-state index < -0.39 is 5.91 Å². The SMILES string of the molecule is CCOCn1cc(-c2cnc3[nH]cc(/C=C/C(N)=O)c3c2)ccc1=O. The van der Waals surface area contributed by atoms with E-state index in [1.54, 1.807) is 30.7 Å². The largest absolute Gasteiger partial charge is 0.366 e. The lowest BCUT2D eigenvalue weighted by atomic mass is 10.1. The molecule has 3 aromatic rings. The molecule has 0 saturated heterocycles. The van der Waals surface area contributed by atoms with E-state index in [0.29, 0.717) is 12.3 Å². The molecule has 3 rings (SSSR count). The number of pyridine rings is 2. The molecule has 0 aliphatic carbocycles. The topological polar surface area (TPSA) is 103 Å². The molecule has 0 bridgehead atoms. The Morgan fingerprint density at radius 1 is 1.40 bits per heavy atom. The maximum absolute atomic E-state index is 11.9. The number of ether oxygens (including phenoxy) is 1. The van der Waals surface area contributed by atoms with Gasteiger partial charge in [-0.05, 0) is 30.7 Å². The van der Waals surface area contributed by atoms with Gasteiger partial charge in [0.1, 0.15) is 12.4 Å². The number of rotatable bonds is 6. The second-order valence-electron chi connectivity index (χ2n) is 5.45. The van der Waals surface area contributed by atoms with Crippen LogP contribution in [0.25, 0.3) is 28.2 Å². The van der Waals surface area contributed by atoms with Gasteiger partial charge >= 0.3 is 0 Å². The average molecular weight is 338 g/mol. The number of aromatic amines is 1. The number of amides is 1. The van der Waals surface area contributed by atoms with Crippen LogP contribution in [-0.2, 0) is 16.3 Å². The van der Waals surface area contributed by atoms with Gasteiger partial charge in [0.25, 0.3) is 5.56 Å². The normalized spacial score (nSPS) is 11.4. The average Bonchev–Trinajstić information content (AvgIpc) is 3.01. The minimum absolute atomic E-state index is 0.127. The molecule has 0 aromatic carbocycles. The highest BCUT2D eigenvalue weighted by Crippen LogP contribution is 2.24. The summed E-state index contributed by atoms with van der Waals surface area (Å²) in [6.45, 7) is 2.61. The van der Waals surface area contributed by atoms with Crippen molar-refractivity contribution >= 4 is 23.0 Å². The first-order chi connectivity index (χ1) is 12.1. The molecule has 128 valence electrons. The first kappa shape index (κ1) is 16.7. The first-order valence-electron chi connectivity index (χ1n) is 7.81. The fraction of sp³-hybridized carbons (Fsp3) is 0.167. The number of aromatic nitrogens is 3. The lowest BCUT2D eigenvalue weighted by Crippen LogP contribution is -2.19. The van der Waals surface area contributed by atoms with Gasteiger partial charge in [-0.2, -0.15) is 0 Å². The molecule has 7 heteroatoms. The predicted molar refractivity (Wildman–Crippen MR) is 95.6 cm³/mol. The van der Waals surface area contributed by atoms with Crippen LogP contribution in [0, 0.1) is 0 Å². The minimum Gasteiger partial charge on any atom is -0.366 e. The fourth-order valence-corrected chi connectivity index (χ4v) is 2.48. The molecule has 0 atom stereocenters. The van der Waals surface area contributed by atoms with E-state index in [1.165, 1.54) is 16.7 Å². The molecular weight excluding hydrogens is 320 g/mol. The lowest BCUT2D eigenvalue weighted by Gasteiger charge is -2.08. The number of nitrogens with one attached hydrogen (secondary N) is 1. The highest BCUT2D eigenvalue weighted by atomic mass is 16.5. The van der Waals surface area contributed by atoms with Gasteiger partial charge in [0.2, 0.25) is 5.91 Å². The quantitative estimate of drug-likeness (QED) is 0.670. The van der Waals surface area contributed by atoms with Crippen molar-refractivity contribution in [3.8, 4) is 11.1 Å². The number of H-pyrrole nitrogens is 1. The van der Waals surface area contributed by atoms with Crippen molar-refractivity contribution < 1.29 is 9.53 Å². The second-order valence-corrected chi connectivity index (χ2v) is 5.45. The van der Waals surface area contributed by atoms with Crippen molar-refractivity contribution in [1.82, 2.24) is 14.5 Å². The van der Waals surface area contributed by atoms with Crippen molar-refractivity contribution in [3.05, 3.63) is 58.8 Å². The number of carbonyl (C=O) groups is 1. The summed E-state index contributed by atoms with van der Waals surface area (Å²) in [5.74, 6) is -0.513. The van der Waals surface area contributed by atoms with Crippen LogP contribution in [0.4, 0.5) is 0 Å². The van der Waals surface area contributed by atoms with Gasteiger partial charge in [0.15, 0.2) is 0 Å². The molecule has 0 saturated carbocycles. The zero-order valence-electron chi connectivity index (χ0n) is 13.7. The number of carbonyl (C=O) groups excluding carboxylic acids is 1. The Morgan fingerprint density at radius 3 is 3.00 bits per heavy atom. The maximum Gasteiger partial charge on any atom is 0.252 e. The van der Waals surface area contributed by atoms with Crippen molar-refractivity contribution in [3.63, 3.8) is 0 Å². The Bertz CT molecular complexity index is 1000. The fourth-order valence-electron chi connectivity index (χ4n) is 2.48. The molecule has 0 aliphatic rings. The van der Waals surface area contributed by atoms with E-state index in [0.717, 1.165) is 22.1 Å². The molecule has 0 unspecified atom stereocenters. The van der Waals surface area contributed by atoms with Gasteiger partial charge in [-0.1, -0.05) is 0 Å². The zero-order chi connectivity index (χ0) is 17.8. The molecule has 0 aliphatic heterocycles. The number of nitrogens with zero attached hydrogens (tertiary/aromatic N) is 2. The van der Waals surface area contributed by atoms with Gasteiger partial charge in [0.05, 0.1) is 0 Å². The van der Waals surface area contributed by atoms with E-state index in [9.17, 15) is 9.59 Å². The van der Waals surface area contributed by atoms with E-state index in [-0.39, 0.29) is 12.3 Å². The van der Waals surface area contributed by atoms with E-state index in [2.05, 4.69) is 9.97 Å². The summed E-state index contributed by atoms with van der Waals surface area (Å²) in [5.41, 5.74) is 8.24. The summed E-state index contributed by atoms with van der Waals surface area (Å²) in [5, 5.41) is 0.859. The minimum atomic E-state index is -0.513. The van der Waals surface area contributed by atoms with Gasteiger partial charge in [-0.15, -0.1) is 0 Å². The highest BCUT2D eigenvalue weighted by molar-refractivity contribution is 5.95. The van der Waals surface area contributed by atoms with E-state index in [1.807, 2.05) is 13.0 Å². The van der Waals surface area contributed by atoms with Crippen LogP contribution < -0.4 is 11.3 Å². The van der Waals surface area contributed by atoms with Crippen molar-refractivity contribution in [2.75, 3.05) is 6.61 Å². The summed E-state index contributed by atoms with van der Waals surface area (Å²) < 4.78 is 6.82. The van der Waals surface area contributed by atoms with Crippen LogP contribution in [-0.4, -0.2) is 27.0 Å². The highest BCUT2D eigenvalue weighted by Gasteiger charge is 2.07. The number of hydrogen-bond acceptors (Lipinski definition) is 4. The molecule has 25 heavy (non-hydrogen) atoms. The number of hydrogen-bond donors (Lipinski definition) is 2. The summed E-state index contributed by atoms with van der Waals surface area (Å²) in [6, 6.07) is 5.20. The summed E-state index contributed by atoms with van der Waals surface area (Å²) in [6.07, 6.45) is 8.18. The smallest absolute Gasteiger partial charge is 0.252 e. The summed E-state index contributed by atoms with van der Waals surface area (Å²) in [7, 11) is 0. The van der Waals surface area contributed by atoms with Crippen LogP contribution >= 0.6 is 0 Å². The van der Waals surface area contributed by atoms with Gasteiger partial charge in [-0.25, -0.2) is 4.98 Å². The van der Waals surface area contributed by atoms with Crippen LogP contribution in [0.1, 0.15) is 12.5 Å². The molecule has 1 amide bonds. The number of fused-ring (bicyclic) bond motifs is 1. The van der Waals surface area contributed by atoms with Gasteiger partial charge in [-0.3, -0.25) is 14.2 Å². The van der Waals surface area contributed by atoms with E-state index >= 15 is 0 Å². The predicted octanol–water partition coefficient (Wildman–Crippen LogP) is 1.88. The van der Waals surface area contributed by atoms with E-state index in [4.69, 9.17) is 10.5 Å². The molecular formula is C18H18N4O3. The molecule has 7 nitrogen and oxygen atoms in total. The molecule has 0 radical (unpaired) electrons. The molecule has 0 spiro atoms. The Labute approximate surface area is 143 Å². The third-order valence-electron chi connectivity index (χ3n) is 3.74. The van der Waals surface area contributed by atoms with Crippen molar-refractivity contribution in [1.29, 1.82) is 0 Å². The number of primary amides is 1. The van der Waals surface area contributed by atoms with Crippen LogP contribution in [0.2, 0.25) is 0 Å². The lowest BCUT2D eigenvalue weighted by molar-refractivity contribution is -0.113. The van der Waals surface area contributed by atoms with Gasteiger partial charge < -0.3 is 15.5 Å². The molecule has 3 aromatic heterocycles. The molecule has 0 fully saturated rings. The first-order valence-corrected chi connectivity index (χ1v) is 7.81. The Kier molecular flexibility index (Phi) is 4.76. The standard InChI is InChI=1S/C18H18N4O3/c1-2-25-11-22-10-13(4-6-17(22)24)14-7-15-12(3-5-16(19)23)8-20-18(15)21-9-14/h3-10H,2,11H2,1H3,(H2,19,23)(H,20,21)/b5-3+. The van der Waals surface area contributed by atoms with Gasteiger partial charge in [0, 0.05) is 53.9 Å². The Morgan fingerprint density at radius 2 is 2.24 bits per heavy atom. The molecule has 3 N–H and O–H groups in total. The van der Waals surface area contributed by atoms with Crippen LogP contribution in [0.5, 0.6) is 0 Å².